The van der Waals surface area contributed by atoms with E-state index in [-0.39, 0.29) is 11.8 Å². The molecule has 0 aliphatic heterocycles. The van der Waals surface area contributed by atoms with Gasteiger partial charge in [-0.1, -0.05) is 43.3 Å². The summed E-state index contributed by atoms with van der Waals surface area (Å²) in [5, 5.41) is 0. The van der Waals surface area contributed by atoms with Crippen LogP contribution in [0.2, 0.25) is 0 Å². The zero-order chi connectivity index (χ0) is 13.0. The third-order valence-electron chi connectivity index (χ3n) is 3.43. The van der Waals surface area contributed by atoms with Crippen LogP contribution in [0.15, 0.2) is 42.1 Å². The number of nitrogens with one attached hydrogen (secondary N) is 2. The molecule has 0 spiro atoms. The van der Waals surface area contributed by atoms with Gasteiger partial charge < -0.3 is 5.43 Å². The normalized spacial score (nSPS) is 22.4. The van der Waals surface area contributed by atoms with Gasteiger partial charge >= 0.3 is 0 Å². The Hall–Kier alpha value is -1.77. The van der Waals surface area contributed by atoms with E-state index in [1.165, 1.54) is 5.56 Å². The molecule has 1 aliphatic rings. The molecule has 2 atom stereocenters. The summed E-state index contributed by atoms with van der Waals surface area (Å²) in [5.74, 6) is 0.607. The maximum Gasteiger partial charge on any atom is 0.242 e. The van der Waals surface area contributed by atoms with Crippen LogP contribution >= 0.6 is 0 Å². The van der Waals surface area contributed by atoms with Crippen molar-refractivity contribution in [2.24, 2.45) is 5.92 Å². The minimum absolute atomic E-state index is 0.0941. The second kappa shape index (κ2) is 5.71. The van der Waals surface area contributed by atoms with Crippen LogP contribution in [0.25, 0.3) is 0 Å². The predicted octanol–water partition coefficient (Wildman–Crippen LogP) is 2.72. The summed E-state index contributed by atoms with van der Waals surface area (Å²) in [6.45, 7) is 4.01. The lowest BCUT2D eigenvalue weighted by atomic mass is 10.1. The number of carbonyl (C=O) groups excluding carboxylic acids is 1. The van der Waals surface area contributed by atoms with Crippen molar-refractivity contribution in [1.29, 1.82) is 0 Å². The van der Waals surface area contributed by atoms with Crippen molar-refractivity contribution in [3.63, 3.8) is 0 Å². The fourth-order valence-corrected chi connectivity index (χ4v) is 2.15. The third-order valence-corrected chi connectivity index (χ3v) is 3.43. The molecule has 1 amide bonds. The van der Waals surface area contributed by atoms with Crippen LogP contribution in [-0.2, 0) is 4.79 Å². The molecule has 2 rings (SSSR count). The summed E-state index contributed by atoms with van der Waals surface area (Å²) in [5.41, 5.74) is 8.07. The van der Waals surface area contributed by atoms with Gasteiger partial charge in [-0.15, -0.1) is 0 Å². The fraction of sp³-hybridized carbons (Fsp3) is 0.400. The van der Waals surface area contributed by atoms with Gasteiger partial charge in [-0.25, -0.2) is 0 Å². The number of hydrogen-bond donors (Lipinski definition) is 2. The highest BCUT2D eigenvalue weighted by atomic mass is 16.2. The Kier molecular flexibility index (Phi) is 4.03. The molecule has 1 fully saturated rings. The minimum atomic E-state index is 0.0941. The molecular weight excluding hydrogens is 224 g/mol. The zero-order valence-corrected chi connectivity index (χ0v) is 10.9. The van der Waals surface area contributed by atoms with Crippen LogP contribution < -0.4 is 10.9 Å². The number of hydrazine groups is 1. The van der Waals surface area contributed by atoms with E-state index in [2.05, 4.69) is 29.9 Å². The van der Waals surface area contributed by atoms with Crippen LogP contribution in [0.3, 0.4) is 0 Å². The van der Waals surface area contributed by atoms with Crippen molar-refractivity contribution in [2.75, 3.05) is 0 Å². The summed E-state index contributed by atoms with van der Waals surface area (Å²) in [7, 11) is 0. The number of amides is 1. The SMILES string of the molecule is CC=C(CC)NNC(=O)C1CC1c1ccccc1. The van der Waals surface area contributed by atoms with Gasteiger partial charge in [-0.05, 0) is 31.2 Å². The lowest BCUT2D eigenvalue weighted by Gasteiger charge is -2.10. The molecule has 3 heteroatoms. The molecule has 1 aromatic rings. The molecule has 0 bridgehead atoms. The lowest BCUT2D eigenvalue weighted by Crippen LogP contribution is -2.37. The van der Waals surface area contributed by atoms with Crippen LogP contribution in [0.1, 0.15) is 38.2 Å². The smallest absolute Gasteiger partial charge is 0.242 e. The highest BCUT2D eigenvalue weighted by Crippen LogP contribution is 2.47. The highest BCUT2D eigenvalue weighted by molar-refractivity contribution is 5.82. The first-order valence-electron chi connectivity index (χ1n) is 6.52. The van der Waals surface area contributed by atoms with Crippen LogP contribution in [0, 0.1) is 5.92 Å². The molecule has 1 saturated carbocycles. The fourth-order valence-electron chi connectivity index (χ4n) is 2.15. The Morgan fingerprint density at radius 1 is 1.33 bits per heavy atom. The van der Waals surface area contributed by atoms with Gasteiger partial charge in [-0.2, -0.15) is 0 Å². The quantitative estimate of drug-likeness (QED) is 0.782. The molecule has 0 saturated heterocycles. The maximum atomic E-state index is 11.9. The molecule has 1 aromatic carbocycles. The van der Waals surface area contributed by atoms with Gasteiger partial charge in [0.1, 0.15) is 0 Å². The molecule has 1 aliphatic carbocycles. The highest BCUT2D eigenvalue weighted by Gasteiger charge is 2.43. The van der Waals surface area contributed by atoms with Gasteiger partial charge in [0.05, 0.1) is 0 Å². The van der Waals surface area contributed by atoms with E-state index in [9.17, 15) is 4.79 Å². The summed E-state index contributed by atoms with van der Waals surface area (Å²) < 4.78 is 0. The Labute approximate surface area is 108 Å². The van der Waals surface area contributed by atoms with Crippen molar-refractivity contribution in [2.45, 2.75) is 32.6 Å². The number of allylic oxidation sites excluding steroid dienone is 2. The van der Waals surface area contributed by atoms with Crippen molar-refractivity contribution in [3.05, 3.63) is 47.7 Å². The van der Waals surface area contributed by atoms with E-state index >= 15 is 0 Å². The van der Waals surface area contributed by atoms with E-state index in [4.69, 9.17) is 0 Å². The molecular formula is C15H20N2O. The minimum Gasteiger partial charge on any atom is -0.303 e. The van der Waals surface area contributed by atoms with Gasteiger partial charge in [-0.3, -0.25) is 10.2 Å². The molecule has 18 heavy (non-hydrogen) atoms. The van der Waals surface area contributed by atoms with E-state index in [0.717, 1.165) is 18.5 Å². The van der Waals surface area contributed by atoms with Crippen molar-refractivity contribution in [1.82, 2.24) is 10.9 Å². The molecule has 0 radical (unpaired) electrons. The van der Waals surface area contributed by atoms with E-state index < -0.39 is 0 Å². The number of hydrogen-bond acceptors (Lipinski definition) is 2. The number of rotatable bonds is 5. The third kappa shape index (κ3) is 2.92. The Bertz CT molecular complexity index is 439. The summed E-state index contributed by atoms with van der Waals surface area (Å²) in [6.07, 6.45) is 3.82. The van der Waals surface area contributed by atoms with Crippen LogP contribution in [0.4, 0.5) is 0 Å². The molecule has 2 N–H and O–H groups in total. The predicted molar refractivity (Wildman–Crippen MR) is 72.6 cm³/mol. The monoisotopic (exact) mass is 244 g/mol. The van der Waals surface area contributed by atoms with Crippen molar-refractivity contribution in [3.8, 4) is 0 Å². The van der Waals surface area contributed by atoms with Crippen molar-refractivity contribution < 1.29 is 4.79 Å². The molecule has 96 valence electrons. The second-order valence-corrected chi connectivity index (χ2v) is 4.64. The molecule has 0 aromatic heterocycles. The van der Waals surface area contributed by atoms with Crippen LogP contribution in [-0.4, -0.2) is 5.91 Å². The second-order valence-electron chi connectivity index (χ2n) is 4.64. The standard InChI is InChI=1S/C15H20N2O/c1-3-12(4-2)16-17-15(18)14-10-13(14)11-8-6-5-7-9-11/h3,5-9,13-14,16H,4,10H2,1-2H3,(H,17,18). The molecule has 2 unspecified atom stereocenters. The average Bonchev–Trinajstić information content (AvgIpc) is 3.21. The summed E-state index contributed by atoms with van der Waals surface area (Å²) >= 11 is 0. The lowest BCUT2D eigenvalue weighted by molar-refractivity contribution is -0.123. The summed E-state index contributed by atoms with van der Waals surface area (Å²) in [4.78, 5) is 11.9. The molecule has 0 heterocycles. The number of benzene rings is 1. The first kappa shape index (κ1) is 12.7. The van der Waals surface area contributed by atoms with Gasteiger partial charge in [0, 0.05) is 11.6 Å². The van der Waals surface area contributed by atoms with Crippen LogP contribution in [0.5, 0.6) is 0 Å². The summed E-state index contributed by atoms with van der Waals surface area (Å²) in [6, 6.07) is 10.2. The first-order valence-corrected chi connectivity index (χ1v) is 6.52. The Balaban J connectivity index is 1.83. The first-order chi connectivity index (χ1) is 8.76. The zero-order valence-electron chi connectivity index (χ0n) is 10.9. The van der Waals surface area contributed by atoms with Gasteiger partial charge in [0.15, 0.2) is 0 Å². The Morgan fingerprint density at radius 3 is 2.67 bits per heavy atom. The van der Waals surface area contributed by atoms with E-state index in [1.54, 1.807) is 0 Å². The Morgan fingerprint density at radius 2 is 2.06 bits per heavy atom. The van der Waals surface area contributed by atoms with E-state index in [0.29, 0.717) is 5.92 Å². The van der Waals surface area contributed by atoms with Gasteiger partial charge in [0.2, 0.25) is 5.91 Å². The topological polar surface area (TPSA) is 41.1 Å². The van der Waals surface area contributed by atoms with E-state index in [1.807, 2.05) is 31.2 Å². The van der Waals surface area contributed by atoms with Gasteiger partial charge in [0.25, 0.3) is 0 Å². The van der Waals surface area contributed by atoms with Crippen molar-refractivity contribution >= 4 is 5.91 Å². The largest absolute Gasteiger partial charge is 0.303 e. The molecule has 3 nitrogen and oxygen atoms in total. The maximum absolute atomic E-state index is 11.9. The average molecular weight is 244 g/mol. The number of carbonyl (C=O) groups is 1.